The van der Waals surface area contributed by atoms with Crippen molar-refractivity contribution in [1.82, 2.24) is 4.98 Å². The van der Waals surface area contributed by atoms with E-state index in [9.17, 15) is 0 Å². The van der Waals surface area contributed by atoms with Crippen LogP contribution in [0.2, 0.25) is 5.02 Å². The van der Waals surface area contributed by atoms with Gasteiger partial charge in [-0.1, -0.05) is 43.6 Å². The highest BCUT2D eigenvalue weighted by atomic mass is 35.5. The molecule has 0 aliphatic heterocycles. The molecule has 0 amide bonds. The van der Waals surface area contributed by atoms with Gasteiger partial charge < -0.3 is 9.47 Å². The normalized spacial score (nSPS) is 10.7. The molecule has 0 unspecified atom stereocenters. The molecule has 2 aromatic rings. The number of para-hydroxylation sites is 1. The molecule has 0 saturated carbocycles. The third-order valence-electron chi connectivity index (χ3n) is 3.01. The molecular formula is C17H20ClNO2. The zero-order valence-electron chi connectivity index (χ0n) is 12.6. The van der Waals surface area contributed by atoms with Crippen LogP contribution in [0.3, 0.4) is 0 Å². The second-order valence-electron chi connectivity index (χ2n) is 5.31. The number of pyridine rings is 1. The average Bonchev–Trinajstić information content (AvgIpc) is 2.46. The van der Waals surface area contributed by atoms with E-state index in [2.05, 4.69) is 24.9 Å². The van der Waals surface area contributed by atoms with E-state index in [-0.39, 0.29) is 0 Å². The summed E-state index contributed by atoms with van der Waals surface area (Å²) in [4.78, 5) is 4.20. The average molecular weight is 306 g/mol. The van der Waals surface area contributed by atoms with Gasteiger partial charge in [0.05, 0.1) is 18.7 Å². The Bertz CT molecular complexity index is 599. The molecule has 2 rings (SSSR count). The van der Waals surface area contributed by atoms with E-state index >= 15 is 0 Å². The summed E-state index contributed by atoms with van der Waals surface area (Å²) < 4.78 is 11.2. The number of aromatic nitrogens is 1. The SMILES string of the molecule is COc1ncc(Cl)cc1Cc1ccccc1OCC(C)C. The van der Waals surface area contributed by atoms with E-state index < -0.39 is 0 Å². The lowest BCUT2D eigenvalue weighted by Crippen LogP contribution is -2.06. The monoisotopic (exact) mass is 305 g/mol. The molecular weight excluding hydrogens is 286 g/mol. The fourth-order valence-electron chi connectivity index (χ4n) is 2.03. The van der Waals surface area contributed by atoms with Gasteiger partial charge in [-0.3, -0.25) is 0 Å². The van der Waals surface area contributed by atoms with Crippen molar-refractivity contribution in [3.63, 3.8) is 0 Å². The topological polar surface area (TPSA) is 31.4 Å². The summed E-state index contributed by atoms with van der Waals surface area (Å²) in [7, 11) is 1.61. The van der Waals surface area contributed by atoms with Crippen LogP contribution in [0.15, 0.2) is 36.5 Å². The molecule has 0 fully saturated rings. The molecule has 3 nitrogen and oxygen atoms in total. The van der Waals surface area contributed by atoms with Crippen molar-refractivity contribution >= 4 is 11.6 Å². The first-order valence-corrected chi connectivity index (χ1v) is 7.37. The molecule has 0 N–H and O–H groups in total. The minimum absolute atomic E-state index is 0.487. The van der Waals surface area contributed by atoms with Crippen molar-refractivity contribution in [3.8, 4) is 11.6 Å². The van der Waals surface area contributed by atoms with Gasteiger partial charge in [0.15, 0.2) is 0 Å². The second-order valence-corrected chi connectivity index (χ2v) is 5.75. The van der Waals surface area contributed by atoms with E-state index in [1.165, 1.54) is 0 Å². The third-order valence-corrected chi connectivity index (χ3v) is 3.22. The molecule has 0 saturated heterocycles. The van der Waals surface area contributed by atoms with Gasteiger partial charge in [-0.2, -0.15) is 0 Å². The van der Waals surface area contributed by atoms with Crippen LogP contribution in [0.1, 0.15) is 25.0 Å². The molecule has 1 heterocycles. The predicted molar refractivity (Wildman–Crippen MR) is 85.4 cm³/mol. The maximum Gasteiger partial charge on any atom is 0.216 e. The number of benzene rings is 1. The number of hydrogen-bond acceptors (Lipinski definition) is 3. The van der Waals surface area contributed by atoms with Crippen LogP contribution in [-0.4, -0.2) is 18.7 Å². The van der Waals surface area contributed by atoms with Crippen LogP contribution in [-0.2, 0) is 6.42 Å². The molecule has 21 heavy (non-hydrogen) atoms. The summed E-state index contributed by atoms with van der Waals surface area (Å²) >= 11 is 6.03. The van der Waals surface area contributed by atoms with Crippen LogP contribution < -0.4 is 9.47 Å². The highest BCUT2D eigenvalue weighted by molar-refractivity contribution is 6.30. The Morgan fingerprint density at radius 2 is 1.95 bits per heavy atom. The highest BCUT2D eigenvalue weighted by Crippen LogP contribution is 2.27. The van der Waals surface area contributed by atoms with Gasteiger partial charge in [-0.05, 0) is 23.6 Å². The van der Waals surface area contributed by atoms with Gasteiger partial charge in [0.1, 0.15) is 5.75 Å². The number of ether oxygens (including phenoxy) is 2. The van der Waals surface area contributed by atoms with Crippen LogP contribution in [0.4, 0.5) is 0 Å². The van der Waals surface area contributed by atoms with Gasteiger partial charge in [0.25, 0.3) is 0 Å². The lowest BCUT2D eigenvalue weighted by atomic mass is 10.1. The van der Waals surface area contributed by atoms with E-state index in [1.807, 2.05) is 24.3 Å². The number of methoxy groups -OCH3 is 1. The summed E-state index contributed by atoms with van der Waals surface area (Å²) in [6.45, 7) is 4.96. The van der Waals surface area contributed by atoms with Crippen molar-refractivity contribution in [2.75, 3.05) is 13.7 Å². The molecule has 0 aliphatic carbocycles. The van der Waals surface area contributed by atoms with Crippen LogP contribution in [0.25, 0.3) is 0 Å². The maximum absolute atomic E-state index is 6.03. The predicted octanol–water partition coefficient (Wildman–Crippen LogP) is 4.37. The molecule has 4 heteroatoms. The molecule has 0 aliphatic rings. The lowest BCUT2D eigenvalue weighted by molar-refractivity contribution is 0.269. The van der Waals surface area contributed by atoms with Crippen molar-refractivity contribution in [1.29, 1.82) is 0 Å². The quantitative estimate of drug-likeness (QED) is 0.794. The first-order valence-electron chi connectivity index (χ1n) is 6.99. The smallest absolute Gasteiger partial charge is 0.216 e. The van der Waals surface area contributed by atoms with Crippen molar-refractivity contribution in [2.24, 2.45) is 5.92 Å². The molecule has 0 radical (unpaired) electrons. The van der Waals surface area contributed by atoms with Gasteiger partial charge >= 0.3 is 0 Å². The lowest BCUT2D eigenvalue weighted by Gasteiger charge is -2.14. The molecule has 0 spiro atoms. The number of nitrogens with zero attached hydrogens (tertiary/aromatic N) is 1. The summed E-state index contributed by atoms with van der Waals surface area (Å²) in [5, 5.41) is 0.603. The summed E-state index contributed by atoms with van der Waals surface area (Å²) in [5.74, 6) is 1.98. The molecule has 112 valence electrons. The second kappa shape index (κ2) is 7.32. The largest absolute Gasteiger partial charge is 0.493 e. The fraction of sp³-hybridized carbons (Fsp3) is 0.353. The summed E-state index contributed by atoms with van der Waals surface area (Å²) in [6, 6.07) is 9.90. The van der Waals surface area contributed by atoms with Crippen LogP contribution in [0.5, 0.6) is 11.6 Å². The first kappa shape index (κ1) is 15.6. The van der Waals surface area contributed by atoms with Crippen LogP contribution in [0, 0.1) is 5.92 Å². The summed E-state index contributed by atoms with van der Waals surface area (Å²) in [5.41, 5.74) is 2.05. The Kier molecular flexibility index (Phi) is 5.45. The van der Waals surface area contributed by atoms with Gasteiger partial charge in [0.2, 0.25) is 5.88 Å². The number of rotatable bonds is 6. The minimum atomic E-state index is 0.487. The van der Waals surface area contributed by atoms with Gasteiger partial charge in [-0.15, -0.1) is 0 Å². The molecule has 0 bridgehead atoms. The van der Waals surface area contributed by atoms with Crippen molar-refractivity contribution in [2.45, 2.75) is 20.3 Å². The molecule has 0 atom stereocenters. The fourth-order valence-corrected chi connectivity index (χ4v) is 2.21. The Morgan fingerprint density at radius 3 is 2.67 bits per heavy atom. The van der Waals surface area contributed by atoms with Crippen molar-refractivity contribution in [3.05, 3.63) is 52.7 Å². The Hall–Kier alpha value is -1.74. The van der Waals surface area contributed by atoms with E-state index in [4.69, 9.17) is 21.1 Å². The number of hydrogen-bond donors (Lipinski definition) is 0. The van der Waals surface area contributed by atoms with E-state index in [0.29, 0.717) is 29.8 Å². The van der Waals surface area contributed by atoms with E-state index in [0.717, 1.165) is 16.9 Å². The van der Waals surface area contributed by atoms with Gasteiger partial charge in [-0.25, -0.2) is 4.98 Å². The Labute approximate surface area is 130 Å². The van der Waals surface area contributed by atoms with E-state index in [1.54, 1.807) is 13.3 Å². The highest BCUT2D eigenvalue weighted by Gasteiger charge is 2.10. The maximum atomic E-state index is 6.03. The summed E-state index contributed by atoms with van der Waals surface area (Å²) in [6.07, 6.45) is 2.26. The standard InChI is InChI=1S/C17H20ClNO2/c1-12(2)11-21-16-7-5-4-6-13(16)8-14-9-15(18)10-19-17(14)20-3/h4-7,9-10,12H,8,11H2,1-3H3. The first-order chi connectivity index (χ1) is 10.1. The molecule has 1 aromatic carbocycles. The Morgan fingerprint density at radius 1 is 1.19 bits per heavy atom. The zero-order valence-corrected chi connectivity index (χ0v) is 13.4. The van der Waals surface area contributed by atoms with Crippen molar-refractivity contribution < 1.29 is 9.47 Å². The van der Waals surface area contributed by atoms with Crippen LogP contribution >= 0.6 is 11.6 Å². The van der Waals surface area contributed by atoms with Gasteiger partial charge in [0, 0.05) is 18.2 Å². The number of halogens is 1. The third kappa shape index (κ3) is 4.36. The minimum Gasteiger partial charge on any atom is -0.493 e. The Balaban J connectivity index is 2.25. The zero-order chi connectivity index (χ0) is 15.2. The molecule has 1 aromatic heterocycles.